The van der Waals surface area contributed by atoms with Crippen LogP contribution in [0.5, 0.6) is 0 Å². The quantitative estimate of drug-likeness (QED) is 0.402. The van der Waals surface area contributed by atoms with Gasteiger partial charge < -0.3 is 10.6 Å². The molecular formula is C21H15Cl3N2O2S. The van der Waals surface area contributed by atoms with Gasteiger partial charge in [0.05, 0.1) is 27.0 Å². The van der Waals surface area contributed by atoms with Crippen LogP contribution >= 0.6 is 46.6 Å². The third-order valence-electron chi connectivity index (χ3n) is 3.79. The summed E-state index contributed by atoms with van der Waals surface area (Å²) in [5, 5.41) is 6.78. The highest BCUT2D eigenvalue weighted by Crippen LogP contribution is 2.25. The van der Waals surface area contributed by atoms with Crippen LogP contribution in [-0.2, 0) is 4.79 Å². The van der Waals surface area contributed by atoms with E-state index >= 15 is 0 Å². The Morgan fingerprint density at radius 2 is 1.62 bits per heavy atom. The minimum atomic E-state index is -0.342. The van der Waals surface area contributed by atoms with Crippen LogP contribution in [-0.4, -0.2) is 17.6 Å². The van der Waals surface area contributed by atoms with E-state index < -0.39 is 0 Å². The number of benzene rings is 3. The van der Waals surface area contributed by atoms with Gasteiger partial charge in [-0.15, -0.1) is 11.8 Å². The minimum absolute atomic E-state index is 0.175. The van der Waals surface area contributed by atoms with Crippen LogP contribution < -0.4 is 10.6 Å². The van der Waals surface area contributed by atoms with Crippen molar-refractivity contribution >= 4 is 69.8 Å². The average Bonchev–Trinajstić information content (AvgIpc) is 2.68. The first kappa shape index (κ1) is 21.5. The molecule has 29 heavy (non-hydrogen) atoms. The van der Waals surface area contributed by atoms with Crippen molar-refractivity contribution in [2.75, 3.05) is 16.4 Å². The van der Waals surface area contributed by atoms with Crippen molar-refractivity contribution in [1.29, 1.82) is 0 Å². The van der Waals surface area contributed by atoms with Gasteiger partial charge in [0.2, 0.25) is 5.91 Å². The lowest BCUT2D eigenvalue weighted by molar-refractivity contribution is -0.113. The molecule has 0 aliphatic rings. The smallest absolute Gasteiger partial charge is 0.257 e. The number of hydrogen-bond acceptors (Lipinski definition) is 3. The zero-order valence-corrected chi connectivity index (χ0v) is 18.0. The van der Waals surface area contributed by atoms with E-state index in [-0.39, 0.29) is 22.6 Å². The van der Waals surface area contributed by atoms with Gasteiger partial charge in [0, 0.05) is 15.6 Å². The fourth-order valence-corrected chi connectivity index (χ4v) is 3.87. The lowest BCUT2D eigenvalue weighted by atomic mass is 10.2. The Bertz CT molecular complexity index is 1060. The second-order valence-electron chi connectivity index (χ2n) is 5.92. The van der Waals surface area contributed by atoms with E-state index in [4.69, 9.17) is 34.8 Å². The van der Waals surface area contributed by atoms with E-state index in [2.05, 4.69) is 10.6 Å². The van der Waals surface area contributed by atoms with Gasteiger partial charge in [-0.3, -0.25) is 9.59 Å². The zero-order valence-electron chi connectivity index (χ0n) is 14.9. The normalized spacial score (nSPS) is 10.4. The maximum Gasteiger partial charge on any atom is 0.257 e. The number of amides is 2. The van der Waals surface area contributed by atoms with Gasteiger partial charge in [0.15, 0.2) is 0 Å². The molecule has 0 fully saturated rings. The molecule has 0 saturated heterocycles. The van der Waals surface area contributed by atoms with Gasteiger partial charge in [0.25, 0.3) is 5.91 Å². The van der Waals surface area contributed by atoms with Gasteiger partial charge >= 0.3 is 0 Å². The summed E-state index contributed by atoms with van der Waals surface area (Å²) in [6.07, 6.45) is 0. The Labute approximate surface area is 187 Å². The molecule has 0 aliphatic heterocycles. The maximum atomic E-state index is 12.4. The molecule has 0 bridgehead atoms. The SMILES string of the molecule is O=C(CSc1cccc(NC(=O)c2ccc(Cl)cc2Cl)c1)Nc1ccccc1Cl. The van der Waals surface area contributed by atoms with Crippen LogP contribution in [0, 0.1) is 0 Å². The summed E-state index contributed by atoms with van der Waals surface area (Å²) in [5.41, 5.74) is 1.49. The van der Waals surface area contributed by atoms with Gasteiger partial charge in [-0.25, -0.2) is 0 Å². The van der Waals surface area contributed by atoms with Crippen molar-refractivity contribution in [3.63, 3.8) is 0 Å². The first-order valence-electron chi connectivity index (χ1n) is 8.46. The van der Waals surface area contributed by atoms with Crippen molar-refractivity contribution in [2.45, 2.75) is 4.90 Å². The van der Waals surface area contributed by atoms with E-state index in [0.29, 0.717) is 27.0 Å². The first-order valence-corrected chi connectivity index (χ1v) is 10.6. The van der Waals surface area contributed by atoms with Crippen molar-refractivity contribution < 1.29 is 9.59 Å². The Morgan fingerprint density at radius 1 is 0.828 bits per heavy atom. The highest BCUT2D eigenvalue weighted by atomic mass is 35.5. The number of rotatable bonds is 6. The number of carbonyl (C=O) groups excluding carboxylic acids is 2. The Hall–Kier alpha value is -2.18. The summed E-state index contributed by atoms with van der Waals surface area (Å²) in [5.74, 6) is -0.318. The maximum absolute atomic E-state index is 12.4. The molecule has 148 valence electrons. The highest BCUT2D eigenvalue weighted by Gasteiger charge is 2.12. The number of nitrogens with one attached hydrogen (secondary N) is 2. The fourth-order valence-electron chi connectivity index (χ4n) is 2.43. The van der Waals surface area contributed by atoms with Crippen LogP contribution in [0.15, 0.2) is 71.6 Å². The molecule has 0 heterocycles. The first-order chi connectivity index (χ1) is 13.9. The zero-order chi connectivity index (χ0) is 20.8. The van der Waals surface area contributed by atoms with E-state index in [1.807, 2.05) is 6.07 Å². The van der Waals surface area contributed by atoms with E-state index in [1.165, 1.54) is 17.8 Å². The van der Waals surface area contributed by atoms with Crippen molar-refractivity contribution in [2.24, 2.45) is 0 Å². The van der Waals surface area contributed by atoms with Crippen LogP contribution in [0.25, 0.3) is 0 Å². The number of hydrogen-bond donors (Lipinski definition) is 2. The molecule has 3 aromatic carbocycles. The van der Waals surface area contributed by atoms with Gasteiger partial charge in [-0.2, -0.15) is 0 Å². The third kappa shape index (κ3) is 6.15. The monoisotopic (exact) mass is 464 g/mol. The Morgan fingerprint density at radius 3 is 2.38 bits per heavy atom. The molecule has 2 N–H and O–H groups in total. The molecule has 3 aromatic rings. The van der Waals surface area contributed by atoms with Gasteiger partial charge in [-0.1, -0.05) is 53.0 Å². The molecule has 0 aromatic heterocycles. The molecule has 3 rings (SSSR count). The number of thioether (sulfide) groups is 1. The molecule has 0 saturated carbocycles. The average molecular weight is 466 g/mol. The molecule has 0 radical (unpaired) electrons. The number of carbonyl (C=O) groups is 2. The van der Waals surface area contributed by atoms with E-state index in [9.17, 15) is 9.59 Å². The summed E-state index contributed by atoms with van der Waals surface area (Å²) >= 11 is 19.3. The number of halogens is 3. The molecular weight excluding hydrogens is 451 g/mol. The summed E-state index contributed by atoms with van der Waals surface area (Å²) < 4.78 is 0. The standard InChI is InChI=1S/C21H15Cl3N2O2S/c22-13-8-9-16(18(24)10-13)21(28)25-14-4-3-5-15(11-14)29-12-20(27)26-19-7-2-1-6-17(19)23/h1-11H,12H2,(H,25,28)(H,26,27). The number of anilines is 2. The second kappa shape index (κ2) is 10.0. The van der Waals surface area contributed by atoms with Crippen molar-refractivity contribution in [1.82, 2.24) is 0 Å². The van der Waals surface area contributed by atoms with Crippen LogP contribution in [0.3, 0.4) is 0 Å². The molecule has 0 aliphatic carbocycles. The van der Waals surface area contributed by atoms with Gasteiger partial charge in [-0.05, 0) is 48.5 Å². The molecule has 0 spiro atoms. The largest absolute Gasteiger partial charge is 0.324 e. The Balaban J connectivity index is 1.60. The molecule has 0 unspecified atom stereocenters. The minimum Gasteiger partial charge on any atom is -0.324 e. The topological polar surface area (TPSA) is 58.2 Å². The lowest BCUT2D eigenvalue weighted by Crippen LogP contribution is -2.14. The molecule has 4 nitrogen and oxygen atoms in total. The summed E-state index contributed by atoms with van der Waals surface area (Å²) in [7, 11) is 0. The lowest BCUT2D eigenvalue weighted by Gasteiger charge is -2.09. The third-order valence-corrected chi connectivity index (χ3v) is 5.66. The Kier molecular flexibility index (Phi) is 7.45. The predicted octanol–water partition coefficient (Wildman–Crippen LogP) is 6.63. The second-order valence-corrected chi connectivity index (χ2v) is 8.22. The van der Waals surface area contributed by atoms with Crippen LogP contribution in [0.4, 0.5) is 11.4 Å². The van der Waals surface area contributed by atoms with Crippen molar-refractivity contribution in [3.05, 3.63) is 87.4 Å². The predicted molar refractivity (Wildman–Crippen MR) is 122 cm³/mol. The van der Waals surface area contributed by atoms with Crippen LogP contribution in [0.1, 0.15) is 10.4 Å². The highest BCUT2D eigenvalue weighted by molar-refractivity contribution is 8.00. The summed E-state index contributed by atoms with van der Waals surface area (Å²) in [6, 6.07) is 18.9. The number of para-hydroxylation sites is 1. The van der Waals surface area contributed by atoms with Crippen LogP contribution in [0.2, 0.25) is 15.1 Å². The molecule has 2 amide bonds. The molecule has 8 heteroatoms. The molecule has 0 atom stereocenters. The summed E-state index contributed by atoms with van der Waals surface area (Å²) in [6.45, 7) is 0. The fraction of sp³-hybridized carbons (Fsp3) is 0.0476. The van der Waals surface area contributed by atoms with Gasteiger partial charge in [0.1, 0.15) is 0 Å². The van der Waals surface area contributed by atoms with E-state index in [1.54, 1.807) is 54.6 Å². The summed E-state index contributed by atoms with van der Waals surface area (Å²) in [4.78, 5) is 25.4. The van der Waals surface area contributed by atoms with E-state index in [0.717, 1.165) is 4.90 Å². The van der Waals surface area contributed by atoms with Crippen molar-refractivity contribution in [3.8, 4) is 0 Å².